The van der Waals surface area contributed by atoms with E-state index < -0.39 is 36.4 Å². The number of morpholine rings is 1. The fraction of sp³-hybridized carbons (Fsp3) is 0.481. The Labute approximate surface area is 270 Å². The van der Waals surface area contributed by atoms with Crippen molar-refractivity contribution in [3.8, 4) is 0 Å². The van der Waals surface area contributed by atoms with Crippen LogP contribution in [0.4, 0.5) is 45.2 Å². The van der Waals surface area contributed by atoms with Gasteiger partial charge in [-0.1, -0.05) is 6.07 Å². The van der Waals surface area contributed by atoms with Gasteiger partial charge in [-0.15, -0.1) is 0 Å². The van der Waals surface area contributed by atoms with Gasteiger partial charge in [0.25, 0.3) is 0 Å². The van der Waals surface area contributed by atoms with Crippen LogP contribution in [0, 0.1) is 0 Å². The number of carboxylic acids is 3. The van der Waals surface area contributed by atoms with Crippen LogP contribution in [0.2, 0.25) is 0 Å². The molecule has 1 atom stereocenters. The molecule has 22 heteroatoms. The molecule has 0 saturated carbocycles. The summed E-state index contributed by atoms with van der Waals surface area (Å²) in [6.45, 7) is 6.43. The van der Waals surface area contributed by atoms with Crippen molar-refractivity contribution < 1.29 is 74.0 Å². The zero-order valence-corrected chi connectivity index (χ0v) is 25.0. The van der Waals surface area contributed by atoms with Gasteiger partial charge >= 0.3 is 36.4 Å². The van der Waals surface area contributed by atoms with Gasteiger partial charge in [-0.2, -0.15) is 44.6 Å². The lowest BCUT2D eigenvalue weighted by atomic mass is 9.97. The smallest absolute Gasteiger partial charge is 0.475 e. The van der Waals surface area contributed by atoms with Crippen LogP contribution in [0.5, 0.6) is 0 Å². The van der Waals surface area contributed by atoms with Crippen LogP contribution in [0.25, 0.3) is 5.65 Å². The van der Waals surface area contributed by atoms with E-state index in [0.29, 0.717) is 5.92 Å². The molecule has 0 aromatic carbocycles. The van der Waals surface area contributed by atoms with E-state index in [4.69, 9.17) is 44.5 Å². The molecule has 13 nitrogen and oxygen atoms in total. The summed E-state index contributed by atoms with van der Waals surface area (Å²) in [5.41, 5.74) is 3.24. The zero-order chi connectivity index (χ0) is 37.0. The van der Waals surface area contributed by atoms with Crippen molar-refractivity contribution in [1.82, 2.24) is 24.5 Å². The molecule has 0 aliphatic carbocycles. The van der Waals surface area contributed by atoms with Crippen molar-refractivity contribution >= 4 is 29.2 Å². The predicted molar refractivity (Wildman–Crippen MR) is 149 cm³/mol. The molecule has 2 aliphatic rings. The number of aromatic nitrogens is 4. The third-order valence-corrected chi connectivity index (χ3v) is 6.42. The number of halogens is 9. The molecule has 5 heterocycles. The molecule has 2 saturated heterocycles. The number of carboxylic acid groups (broad SMARTS) is 3. The quantitative estimate of drug-likeness (QED) is 0.328. The molecule has 5 rings (SSSR count). The first-order valence-corrected chi connectivity index (χ1v) is 13.9. The molecule has 2 aliphatic heterocycles. The second-order valence-electron chi connectivity index (χ2n) is 10.1. The van der Waals surface area contributed by atoms with Crippen LogP contribution in [-0.4, -0.2) is 116 Å². The monoisotopic (exact) mass is 720 g/mol. The number of aliphatic carboxylic acids is 3. The normalized spacial score (nSPS) is 17.0. The van der Waals surface area contributed by atoms with Gasteiger partial charge in [-0.25, -0.2) is 23.9 Å². The summed E-state index contributed by atoms with van der Waals surface area (Å²) in [7, 11) is 0. The first kappa shape index (κ1) is 40.4. The second kappa shape index (κ2) is 17.6. The number of anilines is 1. The number of carbonyl (C=O) groups is 3. The standard InChI is InChI=1S/C21H26N6O.3C2HF3O2/c1-2-8-22-18(5-1)15-25-9-3-4-17(14-25)21-23-20-7-6-19(16-27(20)24-21)26-10-12-28-13-11-26;3*3-2(4,5)1(6)7/h1-2,5-8,16-17H,3-4,9-15H2;3*(H,6,7). The van der Waals surface area contributed by atoms with Gasteiger partial charge in [0.05, 0.1) is 30.8 Å². The van der Waals surface area contributed by atoms with Crippen LogP contribution in [0.3, 0.4) is 0 Å². The highest BCUT2D eigenvalue weighted by atomic mass is 19.4. The Bertz CT molecular complexity index is 1460. The second-order valence-corrected chi connectivity index (χ2v) is 10.1. The molecule has 3 N–H and O–H groups in total. The summed E-state index contributed by atoms with van der Waals surface area (Å²) in [5.74, 6) is -6.93. The number of likely N-dealkylation sites (tertiary alicyclic amines) is 1. The number of piperidine rings is 1. The molecule has 3 aromatic rings. The first-order valence-electron chi connectivity index (χ1n) is 13.9. The molecule has 0 bridgehead atoms. The maximum absolute atomic E-state index is 10.6. The van der Waals surface area contributed by atoms with Crippen LogP contribution in [0.1, 0.15) is 30.3 Å². The summed E-state index contributed by atoms with van der Waals surface area (Å²) >= 11 is 0. The van der Waals surface area contributed by atoms with Crippen molar-refractivity contribution in [3.05, 3.63) is 54.2 Å². The summed E-state index contributed by atoms with van der Waals surface area (Å²) in [6, 6.07) is 10.3. The lowest BCUT2D eigenvalue weighted by Gasteiger charge is -2.31. The van der Waals surface area contributed by atoms with Crippen molar-refractivity contribution in [2.24, 2.45) is 0 Å². The van der Waals surface area contributed by atoms with E-state index in [-0.39, 0.29) is 0 Å². The third-order valence-electron chi connectivity index (χ3n) is 6.42. The number of fused-ring (bicyclic) bond motifs is 1. The van der Waals surface area contributed by atoms with Crippen molar-refractivity contribution in [2.45, 2.75) is 43.8 Å². The highest BCUT2D eigenvalue weighted by molar-refractivity contribution is 5.73. The Morgan fingerprint density at radius 3 is 1.86 bits per heavy atom. The van der Waals surface area contributed by atoms with E-state index in [0.717, 1.165) is 69.5 Å². The summed E-state index contributed by atoms with van der Waals surface area (Å²) in [4.78, 5) is 40.8. The van der Waals surface area contributed by atoms with E-state index in [9.17, 15) is 39.5 Å². The van der Waals surface area contributed by atoms with E-state index in [1.165, 1.54) is 12.1 Å². The molecule has 0 amide bonds. The number of hydrogen-bond donors (Lipinski definition) is 3. The first-order chi connectivity index (χ1) is 22.7. The minimum atomic E-state index is -5.08. The summed E-state index contributed by atoms with van der Waals surface area (Å²) in [5, 5.41) is 26.2. The van der Waals surface area contributed by atoms with E-state index in [1.807, 2.05) is 16.8 Å². The summed E-state index contributed by atoms with van der Waals surface area (Å²) in [6.07, 6.45) is -8.96. The topological polar surface area (TPSA) is 171 Å². The Morgan fingerprint density at radius 1 is 0.816 bits per heavy atom. The molecule has 0 radical (unpaired) electrons. The number of hydrogen-bond acceptors (Lipinski definition) is 9. The zero-order valence-electron chi connectivity index (χ0n) is 25.0. The SMILES string of the molecule is O=C(O)C(F)(F)F.O=C(O)C(F)(F)F.O=C(O)C(F)(F)F.c1ccc(CN2CCCC(c3nc4ccc(N5CCOCC5)cn4n3)C2)nc1. The van der Waals surface area contributed by atoms with Crippen LogP contribution in [0.15, 0.2) is 42.7 Å². The lowest BCUT2D eigenvalue weighted by molar-refractivity contribution is -0.193. The van der Waals surface area contributed by atoms with Gasteiger partial charge in [-0.05, 0) is 43.7 Å². The molecule has 49 heavy (non-hydrogen) atoms. The molecule has 1 unspecified atom stereocenters. The Kier molecular flexibility index (Phi) is 14.5. The van der Waals surface area contributed by atoms with Crippen molar-refractivity contribution in [1.29, 1.82) is 0 Å². The number of rotatable bonds is 4. The fourth-order valence-corrected chi connectivity index (χ4v) is 4.20. The van der Waals surface area contributed by atoms with Crippen molar-refractivity contribution in [2.75, 3.05) is 44.3 Å². The van der Waals surface area contributed by atoms with Gasteiger partial charge in [0.1, 0.15) is 0 Å². The minimum absolute atomic E-state index is 0.379. The molecular weight excluding hydrogens is 691 g/mol. The molecule has 272 valence electrons. The van der Waals surface area contributed by atoms with E-state index in [1.54, 1.807) is 0 Å². The molecular formula is C27H29F9N6O7. The number of alkyl halides is 9. The van der Waals surface area contributed by atoms with Gasteiger partial charge in [0, 0.05) is 38.3 Å². The average molecular weight is 721 g/mol. The van der Waals surface area contributed by atoms with Crippen LogP contribution >= 0.6 is 0 Å². The van der Waals surface area contributed by atoms with E-state index >= 15 is 0 Å². The van der Waals surface area contributed by atoms with Crippen LogP contribution < -0.4 is 4.90 Å². The average Bonchev–Trinajstić information content (AvgIpc) is 3.45. The van der Waals surface area contributed by atoms with Gasteiger partial charge in [-0.3, -0.25) is 9.88 Å². The highest BCUT2D eigenvalue weighted by Crippen LogP contribution is 2.27. The Balaban J connectivity index is 0.000000325. The van der Waals surface area contributed by atoms with Gasteiger partial charge in [0.2, 0.25) is 0 Å². The Hall–Kier alpha value is -4.73. The third kappa shape index (κ3) is 14.1. The van der Waals surface area contributed by atoms with E-state index in [2.05, 4.69) is 45.2 Å². The maximum atomic E-state index is 10.6. The maximum Gasteiger partial charge on any atom is 0.490 e. The molecule has 2 fully saturated rings. The number of nitrogens with zero attached hydrogens (tertiary/aromatic N) is 6. The van der Waals surface area contributed by atoms with Gasteiger partial charge in [0.15, 0.2) is 11.5 Å². The minimum Gasteiger partial charge on any atom is -0.475 e. The summed E-state index contributed by atoms with van der Waals surface area (Å²) < 4.78 is 103. The van der Waals surface area contributed by atoms with Crippen LogP contribution in [-0.2, 0) is 25.7 Å². The Morgan fingerprint density at radius 2 is 1.37 bits per heavy atom. The molecule has 3 aromatic heterocycles. The van der Waals surface area contributed by atoms with Gasteiger partial charge < -0.3 is 25.0 Å². The lowest BCUT2D eigenvalue weighted by Crippen LogP contribution is -2.36. The largest absolute Gasteiger partial charge is 0.490 e. The number of ether oxygens (including phenoxy) is 1. The molecule has 0 spiro atoms. The van der Waals surface area contributed by atoms with Crippen molar-refractivity contribution in [3.63, 3.8) is 0 Å². The fourth-order valence-electron chi connectivity index (χ4n) is 4.20. The highest BCUT2D eigenvalue weighted by Gasteiger charge is 2.39. The predicted octanol–water partition coefficient (Wildman–Crippen LogP) is 4.24. The number of pyridine rings is 2.